The average molecular weight is 308 g/mol. The van der Waals surface area contributed by atoms with Crippen molar-refractivity contribution in [2.75, 3.05) is 0 Å². The van der Waals surface area contributed by atoms with Crippen LogP contribution in [0.3, 0.4) is 0 Å². The molecule has 0 aliphatic rings. The average Bonchev–Trinajstić information content (AvgIpc) is 2.34. The largest absolute Gasteiger partial charge is 0.324 e. The van der Waals surface area contributed by atoms with Crippen molar-refractivity contribution in [2.45, 2.75) is 19.4 Å². The first-order valence-electron chi connectivity index (χ1n) is 5.82. The Morgan fingerprint density at radius 1 is 1.22 bits per heavy atom. The monoisotopic (exact) mass is 307 g/mol. The molecular weight excluding hydrogens is 293 g/mol. The van der Waals surface area contributed by atoms with Crippen molar-refractivity contribution in [3.05, 3.63) is 69.4 Å². The molecule has 94 valence electrons. The highest BCUT2D eigenvalue weighted by Gasteiger charge is 2.11. The Bertz CT molecular complexity index is 554. The summed E-state index contributed by atoms with van der Waals surface area (Å²) in [5, 5.41) is 0. The van der Waals surface area contributed by atoms with Crippen molar-refractivity contribution in [1.29, 1.82) is 0 Å². The molecule has 2 aromatic rings. The molecule has 0 radical (unpaired) electrons. The summed E-state index contributed by atoms with van der Waals surface area (Å²) in [6.45, 7) is 2.02. The first-order valence-corrected chi connectivity index (χ1v) is 6.61. The minimum absolute atomic E-state index is 0.186. The van der Waals surface area contributed by atoms with E-state index in [0.29, 0.717) is 12.0 Å². The highest BCUT2D eigenvalue weighted by Crippen LogP contribution is 2.22. The zero-order valence-corrected chi connectivity index (χ0v) is 11.7. The van der Waals surface area contributed by atoms with Gasteiger partial charge in [0.15, 0.2) is 0 Å². The summed E-state index contributed by atoms with van der Waals surface area (Å²) in [6.07, 6.45) is 0.495. The summed E-state index contributed by atoms with van der Waals surface area (Å²) in [6, 6.07) is 12.8. The Labute approximate surface area is 115 Å². The van der Waals surface area contributed by atoms with Gasteiger partial charge >= 0.3 is 0 Å². The van der Waals surface area contributed by atoms with E-state index in [1.807, 2.05) is 31.2 Å². The molecule has 3 heteroatoms. The molecule has 18 heavy (non-hydrogen) atoms. The van der Waals surface area contributed by atoms with Crippen LogP contribution in [0, 0.1) is 12.7 Å². The Morgan fingerprint density at radius 3 is 2.72 bits per heavy atom. The number of rotatable bonds is 3. The molecule has 1 atom stereocenters. The number of nitrogens with two attached hydrogens (primary N) is 1. The molecule has 0 fully saturated rings. The van der Waals surface area contributed by atoms with Crippen molar-refractivity contribution in [1.82, 2.24) is 0 Å². The van der Waals surface area contributed by atoms with Crippen molar-refractivity contribution in [3.63, 3.8) is 0 Å². The van der Waals surface area contributed by atoms with E-state index in [1.165, 1.54) is 6.07 Å². The van der Waals surface area contributed by atoms with E-state index in [2.05, 4.69) is 15.9 Å². The van der Waals surface area contributed by atoms with Gasteiger partial charge in [0.25, 0.3) is 0 Å². The van der Waals surface area contributed by atoms with Gasteiger partial charge in [-0.2, -0.15) is 0 Å². The molecule has 1 unspecified atom stereocenters. The van der Waals surface area contributed by atoms with E-state index in [9.17, 15) is 4.39 Å². The van der Waals surface area contributed by atoms with E-state index >= 15 is 0 Å². The van der Waals surface area contributed by atoms with Gasteiger partial charge in [-0.15, -0.1) is 0 Å². The van der Waals surface area contributed by atoms with Gasteiger partial charge in [-0.1, -0.05) is 45.8 Å². The third kappa shape index (κ3) is 3.18. The second-order valence-electron chi connectivity index (χ2n) is 4.46. The summed E-state index contributed by atoms with van der Waals surface area (Å²) in [5.41, 5.74) is 8.97. The fourth-order valence-corrected chi connectivity index (χ4v) is 2.36. The maximum atomic E-state index is 13.6. The lowest BCUT2D eigenvalue weighted by Crippen LogP contribution is -2.14. The van der Waals surface area contributed by atoms with Gasteiger partial charge in [0, 0.05) is 10.5 Å². The van der Waals surface area contributed by atoms with E-state index in [1.54, 1.807) is 12.1 Å². The summed E-state index contributed by atoms with van der Waals surface area (Å²) < 4.78 is 14.5. The lowest BCUT2D eigenvalue weighted by Gasteiger charge is -2.13. The molecule has 0 saturated heterocycles. The Kier molecular flexibility index (Phi) is 4.15. The first-order chi connectivity index (χ1) is 8.56. The second kappa shape index (κ2) is 5.63. The maximum absolute atomic E-state index is 13.6. The highest BCUT2D eigenvalue weighted by atomic mass is 79.9. The van der Waals surface area contributed by atoms with Crippen molar-refractivity contribution < 1.29 is 4.39 Å². The molecule has 0 bridgehead atoms. The quantitative estimate of drug-likeness (QED) is 0.906. The molecule has 0 heterocycles. The van der Waals surface area contributed by atoms with Crippen LogP contribution in [0.4, 0.5) is 4.39 Å². The summed E-state index contributed by atoms with van der Waals surface area (Å²) in [4.78, 5) is 0. The van der Waals surface area contributed by atoms with E-state index < -0.39 is 0 Å². The third-order valence-corrected chi connectivity index (χ3v) is 3.41. The van der Waals surface area contributed by atoms with E-state index in [-0.39, 0.29) is 11.9 Å². The zero-order valence-electron chi connectivity index (χ0n) is 10.2. The summed E-state index contributed by atoms with van der Waals surface area (Å²) >= 11 is 3.35. The minimum atomic E-state index is -0.207. The van der Waals surface area contributed by atoms with Crippen LogP contribution in [0.15, 0.2) is 46.9 Å². The van der Waals surface area contributed by atoms with Crippen LogP contribution < -0.4 is 5.73 Å². The van der Waals surface area contributed by atoms with Gasteiger partial charge in [-0.3, -0.25) is 0 Å². The standard InChI is InChI=1S/C15H15BrFN/c1-10-3-2-4-11(7-10)15(18)9-12-8-13(16)5-6-14(12)17/h2-8,15H,9,18H2,1H3. The predicted molar refractivity (Wildman–Crippen MR) is 75.9 cm³/mol. The van der Waals surface area contributed by atoms with Gasteiger partial charge < -0.3 is 5.73 Å². The molecule has 0 aromatic heterocycles. The molecule has 1 nitrogen and oxygen atoms in total. The van der Waals surface area contributed by atoms with Crippen molar-refractivity contribution in [2.24, 2.45) is 5.73 Å². The van der Waals surface area contributed by atoms with E-state index in [0.717, 1.165) is 15.6 Å². The van der Waals surface area contributed by atoms with Gasteiger partial charge in [0.1, 0.15) is 5.82 Å². The Balaban J connectivity index is 2.21. The lowest BCUT2D eigenvalue weighted by molar-refractivity contribution is 0.593. The Morgan fingerprint density at radius 2 is 2.00 bits per heavy atom. The fraction of sp³-hybridized carbons (Fsp3) is 0.200. The van der Waals surface area contributed by atoms with Gasteiger partial charge in [0.2, 0.25) is 0 Å². The Hall–Kier alpha value is -1.19. The smallest absolute Gasteiger partial charge is 0.126 e. The number of aryl methyl sites for hydroxylation is 1. The number of hydrogen-bond donors (Lipinski definition) is 1. The van der Waals surface area contributed by atoms with Gasteiger partial charge in [-0.25, -0.2) is 4.39 Å². The van der Waals surface area contributed by atoms with Crippen molar-refractivity contribution >= 4 is 15.9 Å². The van der Waals surface area contributed by atoms with Crippen LogP contribution in [-0.4, -0.2) is 0 Å². The number of hydrogen-bond acceptors (Lipinski definition) is 1. The predicted octanol–water partition coefficient (Wildman–Crippen LogP) is 4.14. The first kappa shape index (κ1) is 13.2. The second-order valence-corrected chi connectivity index (χ2v) is 5.38. The van der Waals surface area contributed by atoms with Crippen LogP contribution in [-0.2, 0) is 6.42 Å². The molecule has 0 saturated carbocycles. The van der Waals surface area contributed by atoms with Crippen LogP contribution in [0.5, 0.6) is 0 Å². The fourth-order valence-electron chi connectivity index (χ4n) is 1.96. The van der Waals surface area contributed by atoms with Crippen LogP contribution in [0.2, 0.25) is 0 Å². The number of halogens is 2. The molecule has 2 N–H and O–H groups in total. The lowest BCUT2D eigenvalue weighted by atomic mass is 9.98. The van der Waals surface area contributed by atoms with E-state index in [4.69, 9.17) is 5.73 Å². The third-order valence-electron chi connectivity index (χ3n) is 2.92. The molecule has 0 spiro atoms. The zero-order chi connectivity index (χ0) is 13.1. The molecule has 0 aliphatic carbocycles. The van der Waals surface area contributed by atoms with Gasteiger partial charge in [-0.05, 0) is 42.7 Å². The van der Waals surface area contributed by atoms with Gasteiger partial charge in [0.05, 0.1) is 0 Å². The molecule has 0 aliphatic heterocycles. The normalized spacial score (nSPS) is 12.4. The topological polar surface area (TPSA) is 26.0 Å². The minimum Gasteiger partial charge on any atom is -0.324 e. The molecule has 2 aromatic carbocycles. The number of benzene rings is 2. The summed E-state index contributed by atoms with van der Waals surface area (Å²) in [7, 11) is 0. The molecule has 2 rings (SSSR count). The molecule has 0 amide bonds. The molecular formula is C15H15BrFN. The van der Waals surface area contributed by atoms with Crippen LogP contribution >= 0.6 is 15.9 Å². The van der Waals surface area contributed by atoms with Crippen LogP contribution in [0.25, 0.3) is 0 Å². The van der Waals surface area contributed by atoms with Crippen molar-refractivity contribution in [3.8, 4) is 0 Å². The SMILES string of the molecule is Cc1cccc(C(N)Cc2cc(Br)ccc2F)c1. The maximum Gasteiger partial charge on any atom is 0.126 e. The highest BCUT2D eigenvalue weighted by molar-refractivity contribution is 9.10. The summed E-state index contributed by atoms with van der Waals surface area (Å²) in [5.74, 6) is -0.207. The van der Waals surface area contributed by atoms with Crippen LogP contribution in [0.1, 0.15) is 22.7 Å².